The van der Waals surface area contributed by atoms with Gasteiger partial charge in [0.25, 0.3) is 41.4 Å². The average molecular weight is 1900 g/mol. The molecule has 0 unspecified atom stereocenters. The van der Waals surface area contributed by atoms with Crippen LogP contribution in [0.1, 0.15) is 102 Å². The summed E-state index contributed by atoms with van der Waals surface area (Å²) in [6.07, 6.45) is 9.46. The molecule has 0 spiro atoms. The molecular formula is C102H84Cl7N15O8. The Morgan fingerprint density at radius 2 is 0.735 bits per heavy atom. The fraction of sp³-hybridized carbons (Fsp3) is 0.0980. The lowest BCUT2D eigenvalue weighted by Crippen LogP contribution is -2.30. The minimum absolute atomic E-state index is 0.120. The van der Waals surface area contributed by atoms with Crippen LogP contribution in [0.3, 0.4) is 0 Å². The molecule has 23 nitrogen and oxygen atoms in total. The van der Waals surface area contributed by atoms with E-state index in [0.29, 0.717) is 106 Å². The summed E-state index contributed by atoms with van der Waals surface area (Å²) in [7, 11) is 2.14. The second-order valence-corrected chi connectivity index (χ2v) is 32.6. The molecule has 5 aromatic heterocycles. The Morgan fingerprint density at radius 1 is 0.356 bits per heavy atom. The van der Waals surface area contributed by atoms with Crippen LogP contribution in [0.15, 0.2) is 328 Å². The number of hydrogen-bond donors (Lipinski definition) is 9. The molecule has 10 N–H and O–H groups in total. The van der Waals surface area contributed by atoms with Gasteiger partial charge in [0.2, 0.25) is 0 Å². The van der Waals surface area contributed by atoms with E-state index in [-0.39, 0.29) is 68.2 Å². The zero-order valence-electron chi connectivity index (χ0n) is 70.6. The van der Waals surface area contributed by atoms with E-state index in [0.717, 1.165) is 66.4 Å². The number of nitrogen functional groups attached to an aromatic ring is 1. The van der Waals surface area contributed by atoms with Crippen LogP contribution in [-0.2, 0) is 13.1 Å². The standard InChI is InChI=1S/C27H21Cl2N3O3.C26H20Cl2N4O2.C26H19Cl2N3O2.C23H24ClN5O/c28-22-12-10-19(15-21(22)24-8-4-5-13-30-24)31-27(35)20-11-9-18(14-23(20)29)26(34)32-25(16-33)17-6-2-1-3-7-17;27-21-11-9-18(14-20(21)24-7-3-4-12-30-24)32-26(34)19-10-8-16(13-22(19)28)25(33)31-15-17-5-1-2-6-23(17)29;27-22-12-10-19(15-21(22)24-8-4-5-13-29-24)31-26(33)20-11-9-18(14-23(20)28)25(32)30-16-17-6-2-1-3-7-17;1-28-11-4-12-29(14-13-28)22-9-6-17(16-26-22)23(30)27-18-7-8-20(24)19(15-18)21-5-2-3-10-25-21/h1-15,25,33H,16H2,(H,31,35)(H,32,34);1-14H,15,29H2,(H,31,33)(H,32,34);1-15H,16H2,(H,30,32)(H,31,33);2-3,5-10,15-16H,4,11-14H2,1H3,(H,27,30)/t25-;;;/m0.../s1. The maximum Gasteiger partial charge on any atom is 0.257 e. The molecule has 30 heteroatoms. The molecule has 0 bridgehead atoms. The van der Waals surface area contributed by atoms with Crippen molar-refractivity contribution in [3.05, 3.63) is 419 Å². The molecule has 1 aliphatic heterocycles. The predicted octanol–water partition coefficient (Wildman–Crippen LogP) is 22.0. The molecule has 1 fully saturated rings. The third-order valence-corrected chi connectivity index (χ3v) is 22.9. The summed E-state index contributed by atoms with van der Waals surface area (Å²) in [5, 5.41) is 32.1. The molecule has 15 aromatic rings. The highest BCUT2D eigenvalue weighted by Gasteiger charge is 2.23. The summed E-state index contributed by atoms with van der Waals surface area (Å²) >= 11 is 44.3. The number of anilines is 6. The van der Waals surface area contributed by atoms with Gasteiger partial charge in [0.05, 0.1) is 92.8 Å². The number of benzene rings is 10. The van der Waals surface area contributed by atoms with Gasteiger partial charge < -0.3 is 57.9 Å². The van der Waals surface area contributed by atoms with E-state index >= 15 is 0 Å². The van der Waals surface area contributed by atoms with Gasteiger partial charge in [-0.2, -0.15) is 0 Å². The number of carbonyl (C=O) groups excluding carboxylic acids is 7. The Kier molecular flexibility index (Phi) is 33.9. The average Bonchev–Trinajstić information content (AvgIpc) is 0.922. The lowest BCUT2D eigenvalue weighted by Gasteiger charge is -2.21. The first kappa shape index (κ1) is 95.4. The number of aromatic nitrogens is 5. The molecule has 7 amide bonds. The van der Waals surface area contributed by atoms with Crippen molar-refractivity contribution in [2.45, 2.75) is 25.6 Å². The van der Waals surface area contributed by atoms with Crippen LogP contribution in [0.2, 0.25) is 35.2 Å². The number of nitrogens with two attached hydrogens (primary N) is 1. The SMILES string of the molecule is CN1CCCN(c2ccc(C(=O)Nc3ccc(Cl)c(-c4ccccn4)c3)cn2)CC1.Nc1ccccc1CNC(=O)c1ccc(C(=O)Nc2ccc(Cl)c(-c3ccccn3)c2)c(Cl)c1.O=C(NCc1ccccc1)c1ccc(C(=O)Nc2ccc(Cl)c(-c3ccccn3)c2)c(Cl)c1.O=C(N[C@@H](CO)c1ccccc1)c1ccc(C(=O)Nc2ccc(Cl)c(-c3ccccn3)c2)c(Cl)c1. The highest BCUT2D eigenvalue weighted by Crippen LogP contribution is 2.36. The van der Waals surface area contributed by atoms with Crippen LogP contribution in [0.4, 0.5) is 34.3 Å². The first-order valence-corrected chi connectivity index (χ1v) is 43.9. The molecule has 1 atom stereocenters. The number of pyridine rings is 5. The van der Waals surface area contributed by atoms with E-state index in [4.69, 9.17) is 86.9 Å². The Balaban J connectivity index is 0.000000150. The summed E-state index contributed by atoms with van der Waals surface area (Å²) in [6.45, 7) is 4.44. The minimum atomic E-state index is -0.566. The van der Waals surface area contributed by atoms with Crippen molar-refractivity contribution in [1.82, 2.24) is 45.8 Å². The Morgan fingerprint density at radius 3 is 1.12 bits per heavy atom. The lowest BCUT2D eigenvalue weighted by molar-refractivity contribution is 0.0912. The highest BCUT2D eigenvalue weighted by atomic mass is 35.5. The van der Waals surface area contributed by atoms with Crippen LogP contribution in [0.5, 0.6) is 0 Å². The zero-order valence-corrected chi connectivity index (χ0v) is 75.9. The number of carbonyl (C=O) groups is 7. The van der Waals surface area contributed by atoms with Crippen LogP contribution >= 0.6 is 81.2 Å². The molecular weight excluding hydrogens is 1810 g/mol. The topological polar surface area (TPSA) is 321 Å². The molecule has 10 aromatic carbocycles. The van der Waals surface area contributed by atoms with Gasteiger partial charge in [-0.15, -0.1) is 0 Å². The van der Waals surface area contributed by atoms with Gasteiger partial charge in [0.1, 0.15) is 5.82 Å². The Labute approximate surface area is 796 Å². The number of nitrogens with one attached hydrogen (secondary N) is 7. The van der Waals surface area contributed by atoms with Crippen LogP contribution < -0.4 is 47.9 Å². The second-order valence-electron chi connectivity index (χ2n) is 29.8. The monoisotopic (exact) mass is 1890 g/mol. The molecule has 1 aliphatic rings. The van der Waals surface area contributed by atoms with E-state index in [2.05, 4.69) is 79.0 Å². The van der Waals surface area contributed by atoms with Crippen molar-refractivity contribution >= 4 is 157 Å². The number of nitrogens with zero attached hydrogens (tertiary/aromatic N) is 7. The van der Waals surface area contributed by atoms with Gasteiger partial charge in [0, 0.05) is 131 Å². The fourth-order valence-electron chi connectivity index (χ4n) is 13.6. The van der Waals surface area contributed by atoms with Gasteiger partial charge in [0.15, 0.2) is 0 Å². The van der Waals surface area contributed by atoms with Crippen molar-refractivity contribution in [3.8, 4) is 45.0 Å². The predicted molar refractivity (Wildman–Crippen MR) is 527 cm³/mol. The maximum atomic E-state index is 12.9. The number of halogens is 7. The van der Waals surface area contributed by atoms with Gasteiger partial charge in [-0.1, -0.05) is 184 Å². The van der Waals surface area contributed by atoms with Crippen LogP contribution in [-0.4, -0.2) is 116 Å². The van der Waals surface area contributed by atoms with E-state index in [1.165, 1.54) is 42.5 Å². The molecule has 0 radical (unpaired) electrons. The van der Waals surface area contributed by atoms with E-state index < -0.39 is 29.7 Å². The van der Waals surface area contributed by atoms with E-state index in [1.54, 1.807) is 122 Å². The fourth-order valence-corrected chi connectivity index (χ4v) is 15.3. The summed E-state index contributed by atoms with van der Waals surface area (Å²) in [4.78, 5) is 115. The molecule has 0 saturated carbocycles. The van der Waals surface area contributed by atoms with Crippen molar-refractivity contribution in [3.63, 3.8) is 0 Å². The minimum Gasteiger partial charge on any atom is -0.398 e. The number of hydrogen-bond acceptors (Lipinski definition) is 16. The molecule has 1 saturated heterocycles. The number of aliphatic hydroxyl groups excluding tert-OH is 1. The first-order chi connectivity index (χ1) is 64.0. The quantitative estimate of drug-likeness (QED) is 0.0269. The van der Waals surface area contributed by atoms with Gasteiger partial charge >= 0.3 is 0 Å². The zero-order chi connectivity index (χ0) is 93.0. The number of aliphatic hydroxyl groups is 1. The van der Waals surface area contributed by atoms with Crippen molar-refractivity contribution < 1.29 is 38.7 Å². The second kappa shape index (κ2) is 46.9. The summed E-state index contributed by atoms with van der Waals surface area (Å²) in [5.74, 6) is -1.56. The van der Waals surface area contributed by atoms with Crippen LogP contribution in [0, 0.1) is 0 Å². The molecule has 0 aliphatic carbocycles. The van der Waals surface area contributed by atoms with Crippen molar-refractivity contribution in [2.75, 3.05) is 71.7 Å². The number of likely N-dealkylation sites (N-methyl/N-ethyl adjacent to an activating group) is 1. The lowest BCUT2D eigenvalue weighted by atomic mass is 10.1. The highest BCUT2D eigenvalue weighted by molar-refractivity contribution is 6.37. The smallest absolute Gasteiger partial charge is 0.257 e. The third kappa shape index (κ3) is 26.3. The molecule has 664 valence electrons. The number of para-hydroxylation sites is 1. The maximum absolute atomic E-state index is 12.9. The molecule has 6 heterocycles. The first-order valence-electron chi connectivity index (χ1n) is 41.3. The number of rotatable bonds is 23. The largest absolute Gasteiger partial charge is 0.398 e. The molecule has 16 rings (SSSR count). The Hall–Kier alpha value is -14.2. The van der Waals surface area contributed by atoms with Gasteiger partial charge in [-0.05, 0) is 231 Å². The third-order valence-electron chi connectivity index (χ3n) is 20.6. The van der Waals surface area contributed by atoms with E-state index in [9.17, 15) is 38.7 Å². The molecule has 132 heavy (non-hydrogen) atoms. The van der Waals surface area contributed by atoms with E-state index in [1.807, 2.05) is 164 Å². The Bertz CT molecular complexity index is 6590. The van der Waals surface area contributed by atoms with Crippen LogP contribution in [0.25, 0.3) is 45.0 Å². The summed E-state index contributed by atoms with van der Waals surface area (Å²) < 4.78 is 0. The normalized spacial score (nSPS) is 11.8. The summed E-state index contributed by atoms with van der Waals surface area (Å²) in [5.41, 5.74) is 19.2. The van der Waals surface area contributed by atoms with Gasteiger partial charge in [-0.25, -0.2) is 4.98 Å². The summed E-state index contributed by atoms with van der Waals surface area (Å²) in [6, 6.07) is 85.6. The number of amides is 7. The van der Waals surface area contributed by atoms with Gasteiger partial charge in [-0.3, -0.25) is 53.5 Å². The van der Waals surface area contributed by atoms with Crippen molar-refractivity contribution in [1.29, 1.82) is 0 Å². The van der Waals surface area contributed by atoms with Crippen molar-refractivity contribution in [2.24, 2.45) is 0 Å².